The molecule has 0 radical (unpaired) electrons. The first-order valence-electron chi connectivity index (χ1n) is 6.89. The van der Waals surface area contributed by atoms with Crippen molar-refractivity contribution >= 4 is 7.82 Å². The molecule has 0 spiro atoms. The highest BCUT2D eigenvalue weighted by molar-refractivity contribution is 7.48. The van der Waals surface area contributed by atoms with Crippen LogP contribution in [-0.2, 0) is 18.1 Å². The van der Waals surface area contributed by atoms with Gasteiger partial charge in [-0.25, -0.2) is 4.57 Å². The van der Waals surface area contributed by atoms with Gasteiger partial charge in [-0.15, -0.1) is 0 Å². The van der Waals surface area contributed by atoms with Crippen molar-refractivity contribution in [2.75, 3.05) is 13.2 Å². The molecule has 4 nitrogen and oxygen atoms in total. The summed E-state index contributed by atoms with van der Waals surface area (Å²) in [5.41, 5.74) is 0. The normalized spacial score (nSPS) is 25.1. The molecule has 2 atom stereocenters. The Morgan fingerprint density at radius 1 is 1.22 bits per heavy atom. The Morgan fingerprint density at radius 3 is 2.44 bits per heavy atom. The molecule has 0 N–H and O–H groups in total. The molecule has 0 unspecified atom stereocenters. The van der Waals surface area contributed by atoms with Gasteiger partial charge in [0, 0.05) is 5.92 Å². The summed E-state index contributed by atoms with van der Waals surface area (Å²) in [5, 5.41) is 0. The predicted octanol–water partition coefficient (Wildman–Crippen LogP) is 4.32. The van der Waals surface area contributed by atoms with Crippen molar-refractivity contribution < 1.29 is 18.1 Å². The molecule has 0 bridgehead atoms. The van der Waals surface area contributed by atoms with E-state index in [0.717, 1.165) is 25.7 Å². The van der Waals surface area contributed by atoms with Crippen LogP contribution in [0, 0.1) is 5.92 Å². The molecular weight excluding hydrogens is 251 g/mol. The zero-order valence-electron chi connectivity index (χ0n) is 11.6. The number of allylic oxidation sites excluding steroid dienone is 1. The number of hydrogen-bond donors (Lipinski definition) is 0. The third-order valence-electron chi connectivity index (χ3n) is 3.03. The molecule has 18 heavy (non-hydrogen) atoms. The van der Waals surface area contributed by atoms with Gasteiger partial charge in [0.15, 0.2) is 0 Å². The van der Waals surface area contributed by atoms with E-state index in [9.17, 15) is 4.57 Å². The third kappa shape index (κ3) is 4.85. The van der Waals surface area contributed by atoms with Crippen molar-refractivity contribution in [2.45, 2.75) is 52.6 Å². The lowest BCUT2D eigenvalue weighted by Crippen LogP contribution is -2.21. The highest BCUT2D eigenvalue weighted by Gasteiger charge is 2.33. The fraction of sp³-hybridized carbons (Fsp3) is 0.846. The zero-order valence-corrected chi connectivity index (χ0v) is 12.5. The van der Waals surface area contributed by atoms with Crippen LogP contribution in [0.25, 0.3) is 0 Å². The van der Waals surface area contributed by atoms with Crippen LogP contribution >= 0.6 is 7.82 Å². The summed E-state index contributed by atoms with van der Waals surface area (Å²) in [4.78, 5) is 0. The second-order valence-electron chi connectivity index (χ2n) is 4.36. The van der Waals surface area contributed by atoms with Gasteiger partial charge in [-0.3, -0.25) is 13.6 Å². The van der Waals surface area contributed by atoms with Crippen molar-refractivity contribution in [3.05, 3.63) is 12.2 Å². The second kappa shape index (κ2) is 8.11. The van der Waals surface area contributed by atoms with E-state index in [2.05, 4.69) is 19.1 Å². The van der Waals surface area contributed by atoms with Crippen molar-refractivity contribution in [1.29, 1.82) is 0 Å². The smallest absolute Gasteiger partial charge is 0.287 e. The summed E-state index contributed by atoms with van der Waals surface area (Å²) in [5.74, 6) is 0.293. The standard InChI is InChI=1S/C13H25O4P/c1-4-12-10-8-7-9-11-13(12)17-18(14,15-5-2)16-6-3/h8,10,12-13H,4-7,9,11H2,1-3H3/t12-,13-/m0/s1. The van der Waals surface area contributed by atoms with Gasteiger partial charge in [0.1, 0.15) is 0 Å². The molecule has 0 aromatic heterocycles. The van der Waals surface area contributed by atoms with Crippen LogP contribution in [0.2, 0.25) is 0 Å². The molecule has 0 amide bonds. The molecule has 0 saturated carbocycles. The SMILES string of the molecule is CCOP(=O)(OCC)O[C@H]1CCCC=C[C@@H]1CC. The highest BCUT2D eigenvalue weighted by Crippen LogP contribution is 2.52. The van der Waals surface area contributed by atoms with Gasteiger partial charge in [0.2, 0.25) is 0 Å². The Labute approximate surface area is 110 Å². The van der Waals surface area contributed by atoms with Crippen molar-refractivity contribution in [1.82, 2.24) is 0 Å². The minimum absolute atomic E-state index is 0.0716. The van der Waals surface area contributed by atoms with Gasteiger partial charge in [-0.2, -0.15) is 0 Å². The van der Waals surface area contributed by atoms with Crippen LogP contribution in [0.5, 0.6) is 0 Å². The van der Waals surface area contributed by atoms with Gasteiger partial charge in [0.25, 0.3) is 0 Å². The summed E-state index contributed by atoms with van der Waals surface area (Å²) in [6.45, 7) is 6.36. The van der Waals surface area contributed by atoms with Crippen LogP contribution in [0.4, 0.5) is 0 Å². The third-order valence-corrected chi connectivity index (χ3v) is 4.71. The molecular formula is C13H25O4P. The van der Waals surface area contributed by atoms with E-state index in [4.69, 9.17) is 13.6 Å². The zero-order chi connectivity index (χ0) is 13.4. The van der Waals surface area contributed by atoms with Crippen LogP contribution in [-0.4, -0.2) is 19.3 Å². The van der Waals surface area contributed by atoms with E-state index in [-0.39, 0.29) is 6.10 Å². The number of phosphoric acid groups is 1. The van der Waals surface area contributed by atoms with Crippen LogP contribution in [0.1, 0.15) is 46.5 Å². The number of rotatable bonds is 7. The van der Waals surface area contributed by atoms with E-state index in [1.54, 1.807) is 13.8 Å². The molecule has 0 aromatic rings. The van der Waals surface area contributed by atoms with Gasteiger partial charge in [-0.05, 0) is 39.5 Å². The summed E-state index contributed by atoms with van der Waals surface area (Å²) >= 11 is 0. The molecule has 0 saturated heterocycles. The monoisotopic (exact) mass is 276 g/mol. The minimum atomic E-state index is -3.39. The van der Waals surface area contributed by atoms with Crippen LogP contribution in [0.15, 0.2) is 12.2 Å². The Balaban J connectivity index is 2.71. The summed E-state index contributed by atoms with van der Waals surface area (Å²) < 4.78 is 28.5. The second-order valence-corrected chi connectivity index (χ2v) is 5.98. The van der Waals surface area contributed by atoms with Gasteiger partial charge >= 0.3 is 7.82 Å². The number of hydrogen-bond acceptors (Lipinski definition) is 4. The topological polar surface area (TPSA) is 44.8 Å². The molecule has 1 aliphatic carbocycles. The van der Waals surface area contributed by atoms with Gasteiger partial charge < -0.3 is 0 Å². The Hall–Kier alpha value is -0.150. The maximum atomic E-state index is 12.4. The molecule has 0 fully saturated rings. The first-order valence-corrected chi connectivity index (χ1v) is 8.35. The summed E-state index contributed by atoms with van der Waals surface area (Å²) in [6.07, 6.45) is 8.26. The van der Waals surface area contributed by atoms with Crippen molar-refractivity contribution in [3.8, 4) is 0 Å². The maximum Gasteiger partial charge on any atom is 0.475 e. The van der Waals surface area contributed by atoms with Crippen molar-refractivity contribution in [3.63, 3.8) is 0 Å². The first kappa shape index (κ1) is 15.9. The predicted molar refractivity (Wildman–Crippen MR) is 72.5 cm³/mol. The average Bonchev–Trinajstić information content (AvgIpc) is 2.54. The minimum Gasteiger partial charge on any atom is -0.287 e. The van der Waals surface area contributed by atoms with Crippen molar-refractivity contribution in [2.24, 2.45) is 5.92 Å². The molecule has 0 heterocycles. The van der Waals surface area contributed by atoms with Gasteiger partial charge in [-0.1, -0.05) is 19.1 Å². The molecule has 5 heteroatoms. The first-order chi connectivity index (χ1) is 8.65. The highest BCUT2D eigenvalue weighted by atomic mass is 31.2. The lowest BCUT2D eigenvalue weighted by molar-refractivity contribution is 0.0601. The molecule has 0 aliphatic heterocycles. The molecule has 1 aliphatic rings. The average molecular weight is 276 g/mol. The Bertz CT molecular complexity index is 293. The molecule has 1 rings (SSSR count). The fourth-order valence-electron chi connectivity index (χ4n) is 2.16. The van der Waals surface area contributed by atoms with Crippen LogP contribution < -0.4 is 0 Å². The Morgan fingerprint density at radius 2 is 1.89 bits per heavy atom. The number of phosphoric ester groups is 1. The van der Waals surface area contributed by atoms with E-state index in [0.29, 0.717) is 19.1 Å². The van der Waals surface area contributed by atoms with Gasteiger partial charge in [0.05, 0.1) is 19.3 Å². The lowest BCUT2D eigenvalue weighted by Gasteiger charge is -2.26. The Kier molecular flexibility index (Phi) is 7.16. The lowest BCUT2D eigenvalue weighted by atomic mass is 9.98. The summed E-state index contributed by atoms with van der Waals surface area (Å²) in [6, 6.07) is 0. The quantitative estimate of drug-likeness (QED) is 0.513. The maximum absolute atomic E-state index is 12.4. The van der Waals surface area contributed by atoms with E-state index >= 15 is 0 Å². The summed E-state index contributed by atoms with van der Waals surface area (Å²) in [7, 11) is -3.39. The fourth-order valence-corrected chi connectivity index (χ4v) is 3.58. The van der Waals surface area contributed by atoms with E-state index in [1.165, 1.54) is 0 Å². The molecule has 0 aromatic carbocycles. The molecule has 106 valence electrons. The van der Waals surface area contributed by atoms with E-state index < -0.39 is 7.82 Å². The van der Waals surface area contributed by atoms with Crippen LogP contribution in [0.3, 0.4) is 0 Å². The largest absolute Gasteiger partial charge is 0.475 e. The van der Waals surface area contributed by atoms with E-state index in [1.807, 2.05) is 0 Å².